The fourth-order valence-electron chi connectivity index (χ4n) is 5.81. The summed E-state index contributed by atoms with van der Waals surface area (Å²) in [5, 5.41) is 24.8. The summed E-state index contributed by atoms with van der Waals surface area (Å²) >= 11 is 0. The number of ether oxygens (including phenoxy) is 4. The molecule has 0 amide bonds. The van der Waals surface area contributed by atoms with Crippen LogP contribution < -0.4 is 19.1 Å². The van der Waals surface area contributed by atoms with Gasteiger partial charge in [0.2, 0.25) is 0 Å². The Morgan fingerprint density at radius 1 is 1.02 bits per heavy atom. The van der Waals surface area contributed by atoms with Gasteiger partial charge < -0.3 is 39.0 Å². The summed E-state index contributed by atoms with van der Waals surface area (Å²) in [4.78, 5) is 37.5. The number of halogens is 4. The Hall–Kier alpha value is -4.60. The van der Waals surface area contributed by atoms with E-state index in [9.17, 15) is 22.8 Å². The molecule has 0 radical (unpaired) electrons. The zero-order valence-corrected chi connectivity index (χ0v) is 29.5. The molecule has 2 aliphatic heterocycles. The summed E-state index contributed by atoms with van der Waals surface area (Å²) in [6.45, 7) is 10.6. The summed E-state index contributed by atoms with van der Waals surface area (Å²) in [5.41, 5.74) is 2.41. The van der Waals surface area contributed by atoms with Crippen LogP contribution in [0, 0.1) is 11.2 Å². The van der Waals surface area contributed by atoms with Crippen LogP contribution in [0.3, 0.4) is 0 Å². The number of nitrogens with one attached hydrogen (secondary N) is 1. The number of rotatable bonds is 14. The third-order valence-electron chi connectivity index (χ3n) is 8.30. The van der Waals surface area contributed by atoms with Crippen LogP contribution >= 0.6 is 0 Å². The van der Waals surface area contributed by atoms with E-state index in [4.69, 9.17) is 39.4 Å². The van der Waals surface area contributed by atoms with E-state index < -0.39 is 23.9 Å². The van der Waals surface area contributed by atoms with Gasteiger partial charge in [-0.3, -0.25) is 15.0 Å². The molecule has 1 fully saturated rings. The first-order valence-electron chi connectivity index (χ1n) is 16.3. The molecule has 1 saturated heterocycles. The number of carbonyl (C=O) groups excluding carboxylic acids is 1. The van der Waals surface area contributed by atoms with Crippen molar-refractivity contribution in [3.8, 4) is 17.2 Å². The van der Waals surface area contributed by atoms with Gasteiger partial charge in [0, 0.05) is 43.8 Å². The minimum Gasteiger partial charge on any atom is -0.493 e. The van der Waals surface area contributed by atoms with E-state index in [0.717, 1.165) is 24.2 Å². The molecule has 3 N–H and O–H groups in total. The molecular formula is C35H45F4N3O9. The van der Waals surface area contributed by atoms with Crippen molar-refractivity contribution >= 4 is 29.2 Å². The van der Waals surface area contributed by atoms with Crippen molar-refractivity contribution in [2.24, 2.45) is 0 Å². The molecule has 1 unspecified atom stereocenters. The fourth-order valence-corrected chi connectivity index (χ4v) is 5.81. The van der Waals surface area contributed by atoms with Crippen LogP contribution in [0.4, 0.5) is 23.2 Å². The molecule has 0 aromatic heterocycles. The maximum atomic E-state index is 15.3. The smallest absolute Gasteiger partial charge is 0.490 e. The topological polar surface area (TPSA) is 159 Å². The van der Waals surface area contributed by atoms with Gasteiger partial charge in [-0.25, -0.2) is 9.18 Å². The number of unbranched alkanes of at least 4 members (excludes halogenated alkanes) is 1. The van der Waals surface area contributed by atoms with E-state index in [-0.39, 0.29) is 59.7 Å². The number of aliphatic carboxylic acids is 2. The second-order valence-electron chi connectivity index (χ2n) is 13.0. The Labute approximate surface area is 293 Å². The number of carboxylic acids is 2. The first-order valence-corrected chi connectivity index (χ1v) is 16.3. The number of Topliss-reactive ketones (excluding diaryl/α,β-unsaturated/α-hetero) is 1. The van der Waals surface area contributed by atoms with Gasteiger partial charge in [-0.15, -0.1) is 0 Å². The van der Waals surface area contributed by atoms with Crippen molar-refractivity contribution in [3.05, 3.63) is 46.3 Å². The zero-order chi connectivity index (χ0) is 38.3. The van der Waals surface area contributed by atoms with E-state index >= 15 is 4.39 Å². The third kappa shape index (κ3) is 10.2. The largest absolute Gasteiger partial charge is 0.493 e. The first-order chi connectivity index (χ1) is 23.8. The van der Waals surface area contributed by atoms with Crippen LogP contribution in [0.15, 0.2) is 18.2 Å². The fraction of sp³-hybridized carbons (Fsp3) is 0.543. The molecule has 0 bridgehead atoms. The molecular weight excluding hydrogens is 682 g/mol. The second kappa shape index (κ2) is 17.1. The lowest BCUT2D eigenvalue weighted by atomic mass is 9.84. The molecule has 0 spiro atoms. The highest BCUT2D eigenvalue weighted by molar-refractivity contribution is 6.06. The summed E-state index contributed by atoms with van der Waals surface area (Å²) in [6, 6.07) is 5.35. The van der Waals surface area contributed by atoms with Gasteiger partial charge in [0.05, 0.1) is 44.7 Å². The number of nitrogens with zero attached hydrogens (tertiary/aromatic N) is 2. The summed E-state index contributed by atoms with van der Waals surface area (Å²) in [6.07, 6.45) is -3.01. The number of ketones is 1. The Morgan fingerprint density at radius 3 is 2.24 bits per heavy atom. The Morgan fingerprint density at radius 2 is 1.69 bits per heavy atom. The van der Waals surface area contributed by atoms with Crippen molar-refractivity contribution in [1.82, 2.24) is 4.90 Å². The number of alkyl halides is 3. The average molecular weight is 728 g/mol. The van der Waals surface area contributed by atoms with Crippen LogP contribution in [-0.2, 0) is 26.3 Å². The lowest BCUT2D eigenvalue weighted by Gasteiger charge is -2.30. The monoisotopic (exact) mass is 727 g/mol. The van der Waals surface area contributed by atoms with Crippen molar-refractivity contribution in [2.45, 2.75) is 77.6 Å². The van der Waals surface area contributed by atoms with Gasteiger partial charge in [0.1, 0.15) is 11.6 Å². The van der Waals surface area contributed by atoms with Crippen molar-refractivity contribution in [1.29, 1.82) is 5.41 Å². The average Bonchev–Trinajstić information content (AvgIpc) is 3.63. The number of anilines is 1. The predicted molar refractivity (Wildman–Crippen MR) is 179 cm³/mol. The minimum atomic E-state index is -5.08. The van der Waals surface area contributed by atoms with Crippen LogP contribution in [0.1, 0.15) is 80.4 Å². The highest BCUT2D eigenvalue weighted by atomic mass is 19.4. The van der Waals surface area contributed by atoms with E-state index in [2.05, 4.69) is 25.7 Å². The molecule has 282 valence electrons. The summed E-state index contributed by atoms with van der Waals surface area (Å²) in [5.74, 6) is -3.71. The number of amidine groups is 1. The third-order valence-corrected chi connectivity index (χ3v) is 8.30. The van der Waals surface area contributed by atoms with Crippen molar-refractivity contribution < 1.29 is 61.1 Å². The maximum absolute atomic E-state index is 15.3. The molecule has 1 atom stereocenters. The molecule has 12 nitrogen and oxygen atoms in total. The van der Waals surface area contributed by atoms with Gasteiger partial charge in [-0.2, -0.15) is 13.2 Å². The number of benzene rings is 2. The molecule has 2 aliphatic rings. The van der Waals surface area contributed by atoms with Crippen molar-refractivity contribution in [2.75, 3.05) is 52.0 Å². The molecule has 0 saturated carbocycles. The highest BCUT2D eigenvalue weighted by Gasteiger charge is 2.38. The van der Waals surface area contributed by atoms with Crippen molar-refractivity contribution in [3.63, 3.8) is 0 Å². The summed E-state index contributed by atoms with van der Waals surface area (Å²) < 4.78 is 69.8. The lowest BCUT2D eigenvalue weighted by Crippen LogP contribution is -2.31. The Kier molecular flexibility index (Phi) is 13.7. The molecule has 2 heterocycles. The van der Waals surface area contributed by atoms with E-state index in [1.165, 1.54) is 14.2 Å². The molecule has 0 aliphatic carbocycles. The number of carboxylic acid groups (broad SMARTS) is 2. The SMILES string of the molecule is CCOC1CCN(c2cc(C(=O)CN3Cc4cc(OC)c(OC)c(F)c4C3=N)cc(C(C)(C)C)c2OCCCCC(=O)O)C1.O=C(O)C(F)(F)F. The standard InChI is InChI=1S/C33H44FN3O7.C2HF3O2/c1-7-43-22-11-12-36(18-22)24-15-20(14-23(33(2,3)4)30(24)44-13-9-8-10-27(39)40)25(38)19-37-17-21-16-26(41-5)31(42-6)29(34)28(21)32(37)35;3-2(4,5)1(6)7/h14-16,22,35H,7-13,17-19H2,1-6H3,(H,39,40);(H,6,7). The second-order valence-corrected chi connectivity index (χ2v) is 13.0. The number of methoxy groups -OCH3 is 2. The molecule has 51 heavy (non-hydrogen) atoms. The number of fused-ring (bicyclic) bond motifs is 1. The van der Waals surface area contributed by atoms with E-state index in [1.807, 2.05) is 19.1 Å². The van der Waals surface area contributed by atoms with E-state index in [0.29, 0.717) is 49.5 Å². The normalized spacial score (nSPS) is 15.6. The van der Waals surface area contributed by atoms with Gasteiger partial charge >= 0.3 is 18.1 Å². The first kappa shape index (κ1) is 40.8. The molecule has 2 aromatic rings. The highest BCUT2D eigenvalue weighted by Crippen LogP contribution is 2.43. The number of carbonyl (C=O) groups is 3. The lowest BCUT2D eigenvalue weighted by molar-refractivity contribution is -0.192. The van der Waals surface area contributed by atoms with Gasteiger partial charge in [0.25, 0.3) is 0 Å². The minimum absolute atomic E-state index is 0.0633. The van der Waals surface area contributed by atoms with Gasteiger partial charge in [0.15, 0.2) is 23.1 Å². The van der Waals surface area contributed by atoms with Crippen LogP contribution in [-0.4, -0.2) is 98.0 Å². The number of hydrogen-bond acceptors (Lipinski definition) is 9. The Bertz CT molecular complexity index is 1610. The molecule has 2 aromatic carbocycles. The van der Waals surface area contributed by atoms with E-state index in [1.54, 1.807) is 11.0 Å². The van der Waals surface area contributed by atoms with Gasteiger partial charge in [-0.05, 0) is 55.4 Å². The molecule has 16 heteroatoms. The van der Waals surface area contributed by atoms with Crippen LogP contribution in [0.25, 0.3) is 0 Å². The van der Waals surface area contributed by atoms with Crippen LogP contribution in [0.5, 0.6) is 17.2 Å². The molecule has 4 rings (SSSR count). The number of hydrogen-bond donors (Lipinski definition) is 3. The van der Waals surface area contributed by atoms with Crippen LogP contribution in [0.2, 0.25) is 0 Å². The van der Waals surface area contributed by atoms with Gasteiger partial charge in [-0.1, -0.05) is 20.8 Å². The maximum Gasteiger partial charge on any atom is 0.490 e. The quantitative estimate of drug-likeness (QED) is 0.118. The zero-order valence-electron chi connectivity index (χ0n) is 29.5. The Balaban J connectivity index is 0.000000908. The summed E-state index contributed by atoms with van der Waals surface area (Å²) in [7, 11) is 2.77. The predicted octanol–water partition coefficient (Wildman–Crippen LogP) is 6.05.